The van der Waals surface area contributed by atoms with Gasteiger partial charge in [-0.05, 0) is 50.6 Å². The van der Waals surface area contributed by atoms with Crippen LogP contribution in [0, 0.1) is 5.92 Å². The molecule has 1 spiro atoms. The van der Waals surface area contributed by atoms with Gasteiger partial charge in [-0.2, -0.15) is 0 Å². The monoisotopic (exact) mass is 355 g/mol. The smallest absolute Gasteiger partial charge is 0.309 e. The maximum absolute atomic E-state index is 12.1. The van der Waals surface area contributed by atoms with Crippen molar-refractivity contribution in [1.29, 1.82) is 0 Å². The first-order valence-corrected chi connectivity index (χ1v) is 9.56. The molecule has 1 aromatic carbocycles. The van der Waals surface area contributed by atoms with Gasteiger partial charge in [-0.25, -0.2) is 0 Å². The lowest BCUT2D eigenvalue weighted by Crippen LogP contribution is -2.43. The van der Waals surface area contributed by atoms with Gasteiger partial charge < -0.3 is 19.1 Å². The summed E-state index contributed by atoms with van der Waals surface area (Å²) in [5.74, 6) is 1.75. The zero-order chi connectivity index (χ0) is 17.9. The van der Waals surface area contributed by atoms with Crippen molar-refractivity contribution in [2.24, 2.45) is 5.92 Å². The predicted octanol–water partition coefficient (Wildman–Crippen LogP) is 2.81. The van der Waals surface area contributed by atoms with Crippen LogP contribution in [0.25, 0.3) is 0 Å². The molecule has 138 valence electrons. The normalized spacial score (nSPS) is 32.2. The average Bonchev–Trinajstić information content (AvgIpc) is 3.43. The molecule has 2 heterocycles. The molecular formula is C21H25NO4. The summed E-state index contributed by atoms with van der Waals surface area (Å²) < 4.78 is 17.7. The van der Waals surface area contributed by atoms with E-state index in [4.69, 9.17) is 14.2 Å². The molecule has 26 heavy (non-hydrogen) atoms. The highest BCUT2D eigenvalue weighted by Crippen LogP contribution is 2.55. The highest BCUT2D eigenvalue weighted by molar-refractivity contribution is 5.75. The summed E-state index contributed by atoms with van der Waals surface area (Å²) >= 11 is 0. The molecule has 2 aliphatic heterocycles. The van der Waals surface area contributed by atoms with Crippen LogP contribution in [0.3, 0.4) is 0 Å². The summed E-state index contributed by atoms with van der Waals surface area (Å²) in [7, 11) is 3.85. The topological polar surface area (TPSA) is 48.0 Å². The van der Waals surface area contributed by atoms with E-state index >= 15 is 0 Å². The van der Waals surface area contributed by atoms with Gasteiger partial charge in [-0.3, -0.25) is 4.79 Å². The molecule has 5 heteroatoms. The van der Waals surface area contributed by atoms with Crippen molar-refractivity contribution >= 4 is 5.97 Å². The maximum Gasteiger partial charge on any atom is 0.309 e. The molecule has 0 N–H and O–H groups in total. The zero-order valence-electron chi connectivity index (χ0n) is 15.4. The molecule has 4 aliphatic rings. The second kappa shape index (κ2) is 5.74. The van der Waals surface area contributed by atoms with E-state index in [0.717, 1.165) is 43.9 Å². The van der Waals surface area contributed by atoms with Crippen LogP contribution in [0.2, 0.25) is 0 Å². The van der Waals surface area contributed by atoms with Crippen LogP contribution in [-0.2, 0) is 21.5 Å². The lowest BCUT2D eigenvalue weighted by molar-refractivity contribution is -0.149. The molecule has 3 atom stereocenters. The minimum Gasteiger partial charge on any atom is -0.493 e. The van der Waals surface area contributed by atoms with Crippen molar-refractivity contribution in [3.8, 4) is 11.5 Å². The minimum atomic E-state index is -0.191. The summed E-state index contributed by atoms with van der Waals surface area (Å²) in [6, 6.07) is 4.17. The second-order valence-electron chi connectivity index (χ2n) is 8.11. The molecule has 0 amide bonds. The Balaban J connectivity index is 1.53. The largest absolute Gasteiger partial charge is 0.493 e. The molecule has 5 rings (SSSR count). The minimum absolute atomic E-state index is 0.0129. The number of nitrogens with zero attached hydrogens (tertiary/aromatic N) is 1. The van der Waals surface area contributed by atoms with Crippen molar-refractivity contribution < 1.29 is 19.0 Å². The van der Waals surface area contributed by atoms with Crippen molar-refractivity contribution in [3.63, 3.8) is 0 Å². The van der Waals surface area contributed by atoms with Crippen LogP contribution in [0.5, 0.6) is 11.5 Å². The Morgan fingerprint density at radius 3 is 2.96 bits per heavy atom. The molecule has 0 aromatic heterocycles. The number of ether oxygens (including phenoxy) is 3. The first kappa shape index (κ1) is 16.2. The number of hydrogen-bond acceptors (Lipinski definition) is 5. The van der Waals surface area contributed by atoms with Gasteiger partial charge in [0.15, 0.2) is 11.5 Å². The quantitative estimate of drug-likeness (QED) is 0.616. The standard InChI is InChI=1S/C21H25NO4/c1-22-10-9-21-8-7-15(25-20(23)13-3-4-13)11-17(21)26-19-16(24-2)6-5-14(12-22)18(19)21/h5-8,13,15,17H,3-4,9-12H2,1-2H3/t15-,17?,21-/m0/s1. The van der Waals surface area contributed by atoms with E-state index < -0.39 is 0 Å². The second-order valence-corrected chi connectivity index (χ2v) is 8.11. The molecular weight excluding hydrogens is 330 g/mol. The third-order valence-corrected chi connectivity index (χ3v) is 6.31. The van der Waals surface area contributed by atoms with Crippen LogP contribution in [0.4, 0.5) is 0 Å². The number of esters is 1. The highest BCUT2D eigenvalue weighted by Gasteiger charge is 2.53. The van der Waals surface area contributed by atoms with Gasteiger partial charge >= 0.3 is 5.97 Å². The van der Waals surface area contributed by atoms with Crippen LogP contribution >= 0.6 is 0 Å². The Hall–Kier alpha value is -2.01. The SMILES string of the molecule is COc1ccc2c3c1OC1C[C@@H](OC(=O)C4CC4)C=C[C@@]31CCN(C)C2. The lowest BCUT2D eigenvalue weighted by Gasteiger charge is -2.36. The summed E-state index contributed by atoms with van der Waals surface area (Å²) in [5.41, 5.74) is 2.43. The van der Waals surface area contributed by atoms with E-state index in [0.29, 0.717) is 6.42 Å². The first-order chi connectivity index (χ1) is 12.6. The molecule has 2 aliphatic carbocycles. The number of rotatable bonds is 3. The molecule has 1 aromatic rings. The highest BCUT2D eigenvalue weighted by atomic mass is 16.6. The average molecular weight is 355 g/mol. The van der Waals surface area contributed by atoms with Gasteiger partial charge in [0.2, 0.25) is 0 Å². The Morgan fingerprint density at radius 2 is 2.19 bits per heavy atom. The third-order valence-electron chi connectivity index (χ3n) is 6.31. The molecule has 0 saturated heterocycles. The lowest BCUT2D eigenvalue weighted by atomic mass is 9.69. The summed E-state index contributed by atoms with van der Waals surface area (Å²) in [4.78, 5) is 14.4. The van der Waals surface area contributed by atoms with Crippen molar-refractivity contribution in [1.82, 2.24) is 4.90 Å². The summed E-state index contributed by atoms with van der Waals surface area (Å²) in [6.07, 6.45) is 7.78. The Labute approximate surface area is 153 Å². The van der Waals surface area contributed by atoms with Crippen LogP contribution in [-0.4, -0.2) is 43.8 Å². The van der Waals surface area contributed by atoms with Crippen LogP contribution < -0.4 is 9.47 Å². The van der Waals surface area contributed by atoms with Gasteiger partial charge in [0, 0.05) is 18.5 Å². The molecule has 0 bridgehead atoms. The fourth-order valence-corrected chi connectivity index (χ4v) is 4.72. The zero-order valence-corrected chi connectivity index (χ0v) is 15.4. The molecule has 0 radical (unpaired) electrons. The van der Waals surface area contributed by atoms with Crippen molar-refractivity contribution in [2.75, 3.05) is 20.7 Å². The van der Waals surface area contributed by atoms with Gasteiger partial charge in [0.05, 0.1) is 18.4 Å². The fraction of sp³-hybridized carbons (Fsp3) is 0.571. The first-order valence-electron chi connectivity index (χ1n) is 9.56. The van der Waals surface area contributed by atoms with Crippen molar-refractivity contribution in [3.05, 3.63) is 35.4 Å². The summed E-state index contributed by atoms with van der Waals surface area (Å²) in [6.45, 7) is 1.92. The Morgan fingerprint density at radius 1 is 1.35 bits per heavy atom. The van der Waals surface area contributed by atoms with Crippen molar-refractivity contribution in [2.45, 2.75) is 49.9 Å². The molecule has 5 nitrogen and oxygen atoms in total. The number of carbonyl (C=O) groups is 1. The fourth-order valence-electron chi connectivity index (χ4n) is 4.72. The molecule has 1 unspecified atom stereocenters. The summed E-state index contributed by atoms with van der Waals surface area (Å²) in [5, 5.41) is 0. The number of benzene rings is 1. The molecule has 1 fully saturated rings. The van der Waals surface area contributed by atoms with Gasteiger partial charge in [-0.1, -0.05) is 12.1 Å². The van der Waals surface area contributed by atoms with Crippen LogP contribution in [0.15, 0.2) is 24.3 Å². The van der Waals surface area contributed by atoms with E-state index in [1.54, 1.807) is 7.11 Å². The molecule has 1 saturated carbocycles. The number of methoxy groups -OCH3 is 1. The number of carbonyl (C=O) groups excluding carboxylic acids is 1. The maximum atomic E-state index is 12.1. The van der Waals surface area contributed by atoms with Gasteiger partial charge in [0.25, 0.3) is 0 Å². The van der Waals surface area contributed by atoms with Gasteiger partial charge in [0.1, 0.15) is 12.2 Å². The van der Waals surface area contributed by atoms with Gasteiger partial charge in [-0.15, -0.1) is 0 Å². The predicted molar refractivity (Wildman–Crippen MR) is 96.4 cm³/mol. The number of hydrogen-bond donors (Lipinski definition) is 0. The van der Waals surface area contributed by atoms with E-state index in [1.807, 2.05) is 6.07 Å². The van der Waals surface area contributed by atoms with E-state index in [-0.39, 0.29) is 29.5 Å². The Kier molecular flexibility index (Phi) is 3.58. The van der Waals surface area contributed by atoms with E-state index in [2.05, 4.69) is 30.2 Å². The van der Waals surface area contributed by atoms with E-state index in [9.17, 15) is 4.79 Å². The third kappa shape index (κ3) is 2.37. The van der Waals surface area contributed by atoms with Crippen LogP contribution in [0.1, 0.15) is 36.8 Å². The van der Waals surface area contributed by atoms with E-state index in [1.165, 1.54) is 11.1 Å². The Bertz CT molecular complexity index is 784.